The third kappa shape index (κ3) is 2.93. The molecule has 2 rings (SSSR count). The van der Waals surface area contributed by atoms with Crippen LogP contribution < -0.4 is 0 Å². The molecule has 102 valence electrons. The fourth-order valence-electron chi connectivity index (χ4n) is 1.52. The molecule has 0 saturated carbocycles. The Morgan fingerprint density at radius 3 is 2.70 bits per heavy atom. The van der Waals surface area contributed by atoms with E-state index >= 15 is 0 Å². The smallest absolute Gasteiger partial charge is 0.175 e. The van der Waals surface area contributed by atoms with Crippen molar-refractivity contribution >= 4 is 35.4 Å². The fourth-order valence-corrected chi connectivity index (χ4v) is 1.81. The van der Waals surface area contributed by atoms with Crippen molar-refractivity contribution in [3.8, 4) is 11.8 Å². The summed E-state index contributed by atoms with van der Waals surface area (Å²) in [6.07, 6.45) is 3.07. The van der Waals surface area contributed by atoms with E-state index < -0.39 is 0 Å². The topological polar surface area (TPSA) is 57.2 Å². The highest BCUT2D eigenvalue weighted by molar-refractivity contribution is 6.42. The van der Waals surface area contributed by atoms with Gasteiger partial charge in [0.1, 0.15) is 11.6 Å². The molecule has 0 fully saturated rings. The van der Waals surface area contributed by atoms with Crippen LogP contribution in [0.25, 0.3) is 5.69 Å². The Bertz CT molecular complexity index is 697. The van der Waals surface area contributed by atoms with Crippen molar-refractivity contribution in [1.29, 1.82) is 5.26 Å². The van der Waals surface area contributed by atoms with Gasteiger partial charge >= 0.3 is 0 Å². The van der Waals surface area contributed by atoms with Gasteiger partial charge in [-0.05, 0) is 18.2 Å². The molecular weight excluding hydrogens is 297 g/mol. The van der Waals surface area contributed by atoms with E-state index in [0.29, 0.717) is 27.1 Å². The maximum absolute atomic E-state index is 9.10. The van der Waals surface area contributed by atoms with Gasteiger partial charge in [-0.2, -0.15) is 10.4 Å². The molecule has 2 aromatic rings. The first-order valence-electron chi connectivity index (χ1n) is 5.67. The van der Waals surface area contributed by atoms with E-state index in [-0.39, 0.29) is 0 Å². The van der Waals surface area contributed by atoms with Crippen molar-refractivity contribution in [2.75, 3.05) is 14.1 Å². The monoisotopic (exact) mass is 307 g/mol. The fraction of sp³-hybridized carbons (Fsp3) is 0.154. The Kier molecular flexibility index (Phi) is 4.28. The van der Waals surface area contributed by atoms with Crippen LogP contribution in [0.15, 0.2) is 29.4 Å². The zero-order valence-electron chi connectivity index (χ0n) is 10.9. The van der Waals surface area contributed by atoms with Crippen LogP contribution in [0, 0.1) is 11.3 Å². The van der Waals surface area contributed by atoms with E-state index in [1.165, 1.54) is 6.20 Å². The average molecular weight is 308 g/mol. The molecule has 7 heteroatoms. The van der Waals surface area contributed by atoms with Crippen LogP contribution in [0.5, 0.6) is 0 Å². The van der Waals surface area contributed by atoms with Gasteiger partial charge in [-0.15, -0.1) is 0 Å². The molecule has 20 heavy (non-hydrogen) atoms. The number of hydrogen-bond donors (Lipinski definition) is 0. The second-order valence-corrected chi connectivity index (χ2v) is 5.03. The molecule has 0 atom stereocenters. The first kappa shape index (κ1) is 14.4. The molecule has 0 amide bonds. The lowest BCUT2D eigenvalue weighted by Gasteiger charge is -2.07. The van der Waals surface area contributed by atoms with Gasteiger partial charge in [-0.1, -0.05) is 23.2 Å². The maximum Gasteiger partial charge on any atom is 0.175 e. The molecule has 1 aromatic carbocycles. The normalized spacial score (nSPS) is 10.8. The second kappa shape index (κ2) is 5.95. The molecule has 0 unspecified atom stereocenters. The van der Waals surface area contributed by atoms with Gasteiger partial charge in [0, 0.05) is 14.1 Å². The predicted molar refractivity (Wildman–Crippen MR) is 80.1 cm³/mol. The van der Waals surface area contributed by atoms with Crippen molar-refractivity contribution in [2.45, 2.75) is 0 Å². The number of rotatable bonds is 3. The molecular formula is C13H11Cl2N5. The van der Waals surface area contributed by atoms with Gasteiger partial charge in [0.25, 0.3) is 0 Å². The Hall–Kier alpha value is -2.03. The van der Waals surface area contributed by atoms with Crippen molar-refractivity contribution in [3.63, 3.8) is 0 Å². The van der Waals surface area contributed by atoms with E-state index in [1.54, 1.807) is 34.1 Å². The third-order valence-electron chi connectivity index (χ3n) is 2.42. The van der Waals surface area contributed by atoms with Gasteiger partial charge in [0.05, 0.1) is 28.3 Å². The number of nitriles is 1. The number of aromatic nitrogens is 2. The highest BCUT2D eigenvalue weighted by atomic mass is 35.5. The van der Waals surface area contributed by atoms with Crippen molar-refractivity contribution in [3.05, 3.63) is 40.0 Å². The minimum Gasteiger partial charge on any atom is -0.369 e. The Morgan fingerprint density at radius 1 is 1.35 bits per heavy atom. The highest BCUT2D eigenvalue weighted by Crippen LogP contribution is 2.28. The zero-order chi connectivity index (χ0) is 14.7. The molecule has 0 bridgehead atoms. The molecule has 0 N–H and O–H groups in total. The maximum atomic E-state index is 9.10. The molecule has 1 heterocycles. The summed E-state index contributed by atoms with van der Waals surface area (Å²) in [5.74, 6) is 0.444. The van der Waals surface area contributed by atoms with Crippen molar-refractivity contribution in [2.24, 2.45) is 4.99 Å². The van der Waals surface area contributed by atoms with Gasteiger partial charge < -0.3 is 4.90 Å². The zero-order valence-corrected chi connectivity index (χ0v) is 12.4. The first-order chi connectivity index (χ1) is 9.52. The van der Waals surface area contributed by atoms with Crippen LogP contribution in [0.4, 0.5) is 5.82 Å². The molecule has 0 aliphatic heterocycles. The molecule has 0 radical (unpaired) electrons. The van der Waals surface area contributed by atoms with Gasteiger partial charge in [0.15, 0.2) is 5.82 Å². The number of hydrogen-bond acceptors (Lipinski definition) is 3. The van der Waals surface area contributed by atoms with E-state index in [4.69, 9.17) is 28.5 Å². The summed E-state index contributed by atoms with van der Waals surface area (Å²) in [5.41, 5.74) is 1.07. The standard InChI is InChI=1S/C13H11Cl2N5/c1-19(2)8-17-13-9(6-16)7-18-20(13)10-3-4-11(14)12(15)5-10/h3-5,7-8H,1-2H3/b17-8+. The summed E-state index contributed by atoms with van der Waals surface area (Å²) in [6, 6.07) is 7.17. The molecule has 1 aromatic heterocycles. The molecule has 5 nitrogen and oxygen atoms in total. The average Bonchev–Trinajstić information content (AvgIpc) is 2.82. The Labute approximate surface area is 126 Å². The third-order valence-corrected chi connectivity index (χ3v) is 3.16. The first-order valence-corrected chi connectivity index (χ1v) is 6.42. The van der Waals surface area contributed by atoms with E-state index in [0.717, 1.165) is 0 Å². The van der Waals surface area contributed by atoms with E-state index in [9.17, 15) is 0 Å². The number of benzene rings is 1. The van der Waals surface area contributed by atoms with Crippen LogP contribution in [-0.2, 0) is 0 Å². The molecule has 0 aliphatic carbocycles. The Balaban J connectivity index is 2.54. The van der Waals surface area contributed by atoms with Crippen molar-refractivity contribution < 1.29 is 0 Å². The lowest BCUT2D eigenvalue weighted by atomic mass is 10.3. The molecule has 0 saturated heterocycles. The van der Waals surface area contributed by atoms with E-state index in [1.807, 2.05) is 14.1 Å². The summed E-state index contributed by atoms with van der Waals surface area (Å²) in [7, 11) is 3.69. The van der Waals surface area contributed by atoms with Crippen LogP contribution in [-0.4, -0.2) is 35.1 Å². The second-order valence-electron chi connectivity index (χ2n) is 4.21. The number of aliphatic imine (C=N–C) groups is 1. The van der Waals surface area contributed by atoms with Crippen LogP contribution >= 0.6 is 23.2 Å². The van der Waals surface area contributed by atoms with Crippen molar-refractivity contribution in [1.82, 2.24) is 14.7 Å². The predicted octanol–water partition coefficient (Wildman–Crippen LogP) is 3.27. The van der Waals surface area contributed by atoms with E-state index in [2.05, 4.69) is 16.2 Å². The summed E-state index contributed by atoms with van der Waals surface area (Å²) >= 11 is 11.9. The van der Waals surface area contributed by atoms with Crippen LogP contribution in [0.3, 0.4) is 0 Å². The number of halogens is 2. The number of nitrogens with zero attached hydrogens (tertiary/aromatic N) is 5. The molecule has 0 spiro atoms. The quantitative estimate of drug-likeness (QED) is 0.646. The van der Waals surface area contributed by atoms with Gasteiger partial charge in [0.2, 0.25) is 0 Å². The summed E-state index contributed by atoms with van der Waals surface area (Å²) < 4.78 is 1.54. The minimum absolute atomic E-state index is 0.383. The highest BCUT2D eigenvalue weighted by Gasteiger charge is 2.12. The van der Waals surface area contributed by atoms with Crippen LogP contribution in [0.2, 0.25) is 10.0 Å². The summed E-state index contributed by atoms with van der Waals surface area (Å²) in [4.78, 5) is 6.04. The van der Waals surface area contributed by atoms with Crippen LogP contribution in [0.1, 0.15) is 5.56 Å². The Morgan fingerprint density at radius 2 is 2.10 bits per heavy atom. The SMILES string of the molecule is CN(C)/C=N/c1c(C#N)cnn1-c1ccc(Cl)c(Cl)c1. The largest absolute Gasteiger partial charge is 0.369 e. The van der Waals surface area contributed by atoms with Gasteiger partial charge in [-0.3, -0.25) is 0 Å². The molecule has 0 aliphatic rings. The lowest BCUT2D eigenvalue weighted by molar-refractivity contribution is 0.642. The minimum atomic E-state index is 0.383. The van der Waals surface area contributed by atoms with Gasteiger partial charge in [-0.25, -0.2) is 9.67 Å². The lowest BCUT2D eigenvalue weighted by Crippen LogP contribution is -2.07. The summed E-state index contributed by atoms with van der Waals surface area (Å²) in [5, 5.41) is 14.1. The summed E-state index contributed by atoms with van der Waals surface area (Å²) in [6.45, 7) is 0.